The molecule has 4 rings (SSSR count). The molecule has 30 heavy (non-hydrogen) atoms. The minimum absolute atomic E-state index is 0.608. The third-order valence-electron chi connectivity index (χ3n) is 5.66. The monoisotopic (exact) mass is 406 g/mol. The summed E-state index contributed by atoms with van der Waals surface area (Å²) in [6, 6.07) is 35.5. The quantitative estimate of drug-likeness (QED) is 0.284. The summed E-state index contributed by atoms with van der Waals surface area (Å²) < 4.78 is 0. The molecule has 0 radical (unpaired) electrons. The van der Waals surface area contributed by atoms with E-state index < -0.39 is 5.41 Å². The molecule has 0 atom stereocenters. The van der Waals surface area contributed by atoms with Gasteiger partial charge in [0.25, 0.3) is 0 Å². The summed E-state index contributed by atoms with van der Waals surface area (Å²) in [6.45, 7) is 8.16. The fourth-order valence-corrected chi connectivity index (χ4v) is 4.67. The number of benzene rings is 4. The van der Waals surface area contributed by atoms with Gasteiger partial charge in [0.1, 0.15) is 0 Å². The lowest BCUT2D eigenvalue weighted by Gasteiger charge is -2.38. The lowest BCUT2D eigenvalue weighted by molar-refractivity contribution is 0.743. The van der Waals surface area contributed by atoms with Crippen molar-refractivity contribution in [2.45, 2.75) is 5.41 Å². The van der Waals surface area contributed by atoms with Crippen molar-refractivity contribution < 1.29 is 0 Å². The molecule has 0 spiro atoms. The summed E-state index contributed by atoms with van der Waals surface area (Å²) >= 11 is 6.88. The second-order valence-corrected chi connectivity index (χ2v) is 7.59. The van der Waals surface area contributed by atoms with Crippen LogP contribution >= 0.6 is 11.6 Å². The Balaban J connectivity index is 2.25. The molecular formula is C29H23Cl. The third-order valence-corrected chi connectivity index (χ3v) is 5.99. The van der Waals surface area contributed by atoms with Gasteiger partial charge < -0.3 is 0 Å². The highest BCUT2D eigenvalue weighted by Gasteiger charge is 2.41. The number of hydrogen-bond donors (Lipinski definition) is 0. The largest absolute Gasteiger partial charge is 0.0984 e. The third kappa shape index (κ3) is 3.20. The molecule has 0 bridgehead atoms. The van der Waals surface area contributed by atoms with Gasteiger partial charge in [-0.05, 0) is 39.4 Å². The molecule has 1 heteroatoms. The van der Waals surface area contributed by atoms with Crippen molar-refractivity contribution in [3.05, 3.63) is 155 Å². The molecule has 4 aromatic carbocycles. The molecule has 0 nitrogen and oxygen atoms in total. The van der Waals surface area contributed by atoms with Crippen LogP contribution in [0.1, 0.15) is 33.4 Å². The molecule has 4 aromatic rings. The summed E-state index contributed by atoms with van der Waals surface area (Å²) in [4.78, 5) is 0. The van der Waals surface area contributed by atoms with Crippen LogP contribution in [0.3, 0.4) is 0 Å². The van der Waals surface area contributed by atoms with Gasteiger partial charge in [0.2, 0.25) is 0 Å². The van der Waals surface area contributed by atoms with Crippen LogP contribution in [0.25, 0.3) is 12.2 Å². The van der Waals surface area contributed by atoms with Crippen LogP contribution in [0.15, 0.2) is 116 Å². The average molecular weight is 407 g/mol. The molecule has 0 aromatic heterocycles. The molecule has 0 saturated heterocycles. The van der Waals surface area contributed by atoms with Crippen molar-refractivity contribution in [1.29, 1.82) is 0 Å². The molecule has 0 aliphatic heterocycles. The van der Waals surface area contributed by atoms with Crippen LogP contribution in [-0.2, 0) is 5.41 Å². The van der Waals surface area contributed by atoms with E-state index in [2.05, 4.69) is 86.0 Å². The Morgan fingerprint density at radius 3 is 1.63 bits per heavy atom. The standard InChI is InChI=1S/C29H23Cl/c1-3-22-14-13-20-26(25(22)4-2)29(23-15-7-5-8-16-23,24-17-9-6-10-18-24)27-19-11-12-21-28(27)30/h3-21H,1-2H2. The molecule has 0 N–H and O–H groups in total. The van der Waals surface area contributed by atoms with E-state index in [1.165, 1.54) is 0 Å². The Morgan fingerprint density at radius 2 is 1.10 bits per heavy atom. The first kappa shape index (κ1) is 19.9. The molecular weight excluding hydrogens is 384 g/mol. The van der Waals surface area contributed by atoms with Crippen LogP contribution in [0, 0.1) is 0 Å². The smallest absolute Gasteiger partial charge is 0.0721 e. The Hall–Kier alpha value is -3.35. The van der Waals surface area contributed by atoms with Crippen LogP contribution in [0.4, 0.5) is 0 Å². The van der Waals surface area contributed by atoms with E-state index in [0.717, 1.165) is 38.4 Å². The fourth-order valence-electron chi connectivity index (χ4n) is 4.39. The van der Waals surface area contributed by atoms with E-state index in [9.17, 15) is 0 Å². The van der Waals surface area contributed by atoms with Crippen molar-refractivity contribution in [3.8, 4) is 0 Å². The van der Waals surface area contributed by atoms with Crippen molar-refractivity contribution in [1.82, 2.24) is 0 Å². The van der Waals surface area contributed by atoms with E-state index >= 15 is 0 Å². The Labute approximate surface area is 183 Å². The van der Waals surface area contributed by atoms with Gasteiger partial charge >= 0.3 is 0 Å². The van der Waals surface area contributed by atoms with Gasteiger partial charge in [-0.2, -0.15) is 0 Å². The van der Waals surface area contributed by atoms with Gasteiger partial charge in [0.05, 0.1) is 5.41 Å². The van der Waals surface area contributed by atoms with Crippen LogP contribution in [0.5, 0.6) is 0 Å². The molecule has 0 aliphatic rings. The van der Waals surface area contributed by atoms with Crippen LogP contribution in [0.2, 0.25) is 5.02 Å². The van der Waals surface area contributed by atoms with Gasteiger partial charge in [-0.3, -0.25) is 0 Å². The number of rotatable bonds is 6. The molecule has 0 amide bonds. The first-order chi connectivity index (χ1) is 14.7. The minimum Gasteiger partial charge on any atom is -0.0984 e. The van der Waals surface area contributed by atoms with E-state index in [4.69, 9.17) is 11.6 Å². The number of halogens is 1. The average Bonchev–Trinajstić information content (AvgIpc) is 2.82. The SMILES string of the molecule is C=Cc1cccc(C(c2ccccc2)(c2ccccc2)c2ccccc2Cl)c1C=C. The minimum atomic E-state index is -0.608. The van der Waals surface area contributed by atoms with E-state index in [1.807, 2.05) is 42.5 Å². The predicted molar refractivity (Wildman–Crippen MR) is 130 cm³/mol. The Bertz CT molecular complexity index is 1130. The van der Waals surface area contributed by atoms with Gasteiger partial charge in [-0.25, -0.2) is 0 Å². The Morgan fingerprint density at radius 1 is 0.567 bits per heavy atom. The van der Waals surface area contributed by atoms with E-state index in [-0.39, 0.29) is 0 Å². The molecule has 0 unspecified atom stereocenters. The number of hydrogen-bond acceptors (Lipinski definition) is 0. The van der Waals surface area contributed by atoms with Crippen LogP contribution in [-0.4, -0.2) is 0 Å². The highest BCUT2D eigenvalue weighted by Crippen LogP contribution is 2.49. The lowest BCUT2D eigenvalue weighted by atomic mass is 9.63. The van der Waals surface area contributed by atoms with E-state index in [1.54, 1.807) is 0 Å². The Kier molecular flexibility index (Phi) is 5.70. The lowest BCUT2D eigenvalue weighted by Crippen LogP contribution is -2.32. The normalized spacial score (nSPS) is 11.1. The topological polar surface area (TPSA) is 0 Å². The summed E-state index contributed by atoms with van der Waals surface area (Å²) in [5.74, 6) is 0. The molecule has 0 aliphatic carbocycles. The zero-order valence-corrected chi connectivity index (χ0v) is 17.5. The van der Waals surface area contributed by atoms with Crippen molar-refractivity contribution in [2.24, 2.45) is 0 Å². The highest BCUT2D eigenvalue weighted by molar-refractivity contribution is 6.31. The summed E-state index contributed by atoms with van der Waals surface area (Å²) in [7, 11) is 0. The molecule has 0 fully saturated rings. The second kappa shape index (κ2) is 8.57. The van der Waals surface area contributed by atoms with Crippen molar-refractivity contribution in [3.63, 3.8) is 0 Å². The first-order valence-corrected chi connectivity index (χ1v) is 10.4. The maximum absolute atomic E-state index is 6.88. The van der Waals surface area contributed by atoms with Gasteiger partial charge in [0.15, 0.2) is 0 Å². The van der Waals surface area contributed by atoms with Crippen molar-refractivity contribution >= 4 is 23.8 Å². The van der Waals surface area contributed by atoms with Gasteiger partial charge in [-0.1, -0.05) is 134 Å². The maximum Gasteiger partial charge on any atom is 0.0721 e. The molecule has 146 valence electrons. The van der Waals surface area contributed by atoms with Gasteiger partial charge in [0, 0.05) is 5.02 Å². The fraction of sp³-hybridized carbons (Fsp3) is 0.0345. The summed E-state index contributed by atoms with van der Waals surface area (Å²) in [6.07, 6.45) is 3.80. The maximum atomic E-state index is 6.88. The second-order valence-electron chi connectivity index (χ2n) is 7.18. The predicted octanol–water partition coefficient (Wildman–Crippen LogP) is 8.01. The van der Waals surface area contributed by atoms with Crippen molar-refractivity contribution in [2.75, 3.05) is 0 Å². The van der Waals surface area contributed by atoms with Gasteiger partial charge in [-0.15, -0.1) is 0 Å². The summed E-state index contributed by atoms with van der Waals surface area (Å²) in [5, 5.41) is 0.726. The highest BCUT2D eigenvalue weighted by atomic mass is 35.5. The van der Waals surface area contributed by atoms with E-state index in [0.29, 0.717) is 0 Å². The summed E-state index contributed by atoms with van der Waals surface area (Å²) in [5.41, 5.74) is 5.95. The zero-order valence-electron chi connectivity index (χ0n) is 16.8. The van der Waals surface area contributed by atoms with Crippen LogP contribution < -0.4 is 0 Å². The zero-order chi connectivity index (χ0) is 21.0. The molecule has 0 heterocycles. The first-order valence-electron chi connectivity index (χ1n) is 9.98. The molecule has 0 saturated carbocycles.